The Morgan fingerprint density at radius 2 is 2.18 bits per heavy atom. The maximum Gasteiger partial charge on any atom is 0.373 e. The van der Waals surface area contributed by atoms with Crippen LogP contribution >= 0.6 is 0 Å². The number of oxazole rings is 1. The number of methoxy groups -OCH3 is 2. The van der Waals surface area contributed by atoms with Crippen LogP contribution in [0.25, 0.3) is 0 Å². The third kappa shape index (κ3) is 2.65. The molecule has 0 aliphatic rings. The molecule has 0 saturated carbocycles. The number of ether oxygens (including phenoxy) is 2. The minimum atomic E-state index is -1.16. The second-order valence-electron chi connectivity index (χ2n) is 3.82. The summed E-state index contributed by atoms with van der Waals surface area (Å²) in [5, 5.41) is 8.99. The Bertz CT molecular complexity index is 395. The van der Waals surface area contributed by atoms with E-state index in [1.54, 1.807) is 6.92 Å². The SMILES string of the molecule is CCC(C)(OC)c1nc(COC)c(C(=O)O)o1. The molecule has 0 aliphatic heterocycles. The monoisotopic (exact) mass is 243 g/mol. The van der Waals surface area contributed by atoms with Gasteiger partial charge in [0.05, 0.1) is 6.61 Å². The molecule has 1 rings (SSSR count). The van der Waals surface area contributed by atoms with Gasteiger partial charge in [0.25, 0.3) is 0 Å². The average molecular weight is 243 g/mol. The van der Waals surface area contributed by atoms with Gasteiger partial charge in [-0.3, -0.25) is 0 Å². The third-order valence-corrected chi connectivity index (χ3v) is 2.75. The van der Waals surface area contributed by atoms with E-state index >= 15 is 0 Å². The highest BCUT2D eigenvalue weighted by atomic mass is 16.5. The van der Waals surface area contributed by atoms with Crippen LogP contribution in [0.1, 0.15) is 42.4 Å². The van der Waals surface area contributed by atoms with Gasteiger partial charge in [0.2, 0.25) is 11.7 Å². The highest BCUT2D eigenvalue weighted by Gasteiger charge is 2.33. The van der Waals surface area contributed by atoms with Crippen LogP contribution < -0.4 is 0 Å². The molecule has 0 saturated heterocycles. The third-order valence-electron chi connectivity index (χ3n) is 2.75. The zero-order chi connectivity index (χ0) is 13.1. The molecule has 0 amide bonds. The molecule has 17 heavy (non-hydrogen) atoms. The lowest BCUT2D eigenvalue weighted by atomic mass is 10.0. The minimum Gasteiger partial charge on any atom is -0.475 e. The summed E-state index contributed by atoms with van der Waals surface area (Å²) in [5.74, 6) is -1.10. The normalized spacial score (nSPS) is 14.6. The Balaban J connectivity index is 3.19. The molecule has 1 heterocycles. The van der Waals surface area contributed by atoms with E-state index in [9.17, 15) is 4.79 Å². The largest absolute Gasteiger partial charge is 0.475 e. The van der Waals surface area contributed by atoms with Crippen molar-refractivity contribution in [2.75, 3.05) is 14.2 Å². The standard InChI is InChI=1S/C11H17NO5/c1-5-11(2,16-4)10-12-7(6-15-3)8(17-10)9(13)14/h5-6H2,1-4H3,(H,13,14). The van der Waals surface area contributed by atoms with Crippen LogP contribution in [0.15, 0.2) is 4.42 Å². The molecule has 1 atom stereocenters. The summed E-state index contributed by atoms with van der Waals surface area (Å²) in [5.41, 5.74) is -0.456. The molecule has 0 bridgehead atoms. The maximum atomic E-state index is 11.0. The van der Waals surface area contributed by atoms with Gasteiger partial charge in [-0.2, -0.15) is 0 Å². The van der Waals surface area contributed by atoms with Crippen LogP contribution in [-0.4, -0.2) is 30.3 Å². The summed E-state index contributed by atoms with van der Waals surface area (Å²) in [6.07, 6.45) is 0.621. The van der Waals surface area contributed by atoms with Crippen molar-refractivity contribution in [3.05, 3.63) is 17.3 Å². The summed E-state index contributed by atoms with van der Waals surface area (Å²) in [6, 6.07) is 0. The van der Waals surface area contributed by atoms with E-state index in [-0.39, 0.29) is 24.0 Å². The maximum absolute atomic E-state index is 11.0. The van der Waals surface area contributed by atoms with Gasteiger partial charge in [0.1, 0.15) is 11.3 Å². The molecule has 0 aromatic carbocycles. The Morgan fingerprint density at radius 3 is 2.59 bits per heavy atom. The first-order valence-electron chi connectivity index (χ1n) is 5.26. The molecule has 0 fully saturated rings. The number of aromatic nitrogens is 1. The van der Waals surface area contributed by atoms with E-state index in [2.05, 4.69) is 4.98 Å². The average Bonchev–Trinajstić information content (AvgIpc) is 2.73. The Labute approximate surface area is 99.5 Å². The van der Waals surface area contributed by atoms with Crippen molar-refractivity contribution in [2.45, 2.75) is 32.5 Å². The quantitative estimate of drug-likeness (QED) is 0.820. The highest BCUT2D eigenvalue weighted by molar-refractivity contribution is 5.85. The van der Waals surface area contributed by atoms with E-state index in [0.717, 1.165) is 0 Å². The number of nitrogens with zero attached hydrogens (tertiary/aromatic N) is 1. The van der Waals surface area contributed by atoms with Crippen LogP contribution in [-0.2, 0) is 21.7 Å². The van der Waals surface area contributed by atoms with E-state index < -0.39 is 11.6 Å². The first-order chi connectivity index (χ1) is 7.98. The molecule has 96 valence electrons. The number of carboxylic acids is 1. The summed E-state index contributed by atoms with van der Waals surface area (Å²) in [4.78, 5) is 15.1. The van der Waals surface area contributed by atoms with Crippen molar-refractivity contribution >= 4 is 5.97 Å². The molecular weight excluding hydrogens is 226 g/mol. The van der Waals surface area contributed by atoms with E-state index in [0.29, 0.717) is 6.42 Å². The summed E-state index contributed by atoms with van der Waals surface area (Å²) >= 11 is 0. The number of hydrogen-bond donors (Lipinski definition) is 1. The van der Waals surface area contributed by atoms with Gasteiger partial charge >= 0.3 is 5.97 Å². The van der Waals surface area contributed by atoms with Crippen LogP contribution in [0.5, 0.6) is 0 Å². The molecule has 0 aliphatic carbocycles. The minimum absolute atomic E-state index is 0.0919. The zero-order valence-corrected chi connectivity index (χ0v) is 10.4. The first-order valence-corrected chi connectivity index (χ1v) is 5.26. The molecule has 1 aromatic heterocycles. The van der Waals surface area contributed by atoms with Crippen LogP contribution in [0, 0.1) is 0 Å². The number of carboxylic acid groups (broad SMARTS) is 1. The number of rotatable bonds is 6. The predicted molar refractivity (Wildman–Crippen MR) is 58.8 cm³/mol. The van der Waals surface area contributed by atoms with Crippen LogP contribution in [0.2, 0.25) is 0 Å². The molecule has 1 N–H and O–H groups in total. The lowest BCUT2D eigenvalue weighted by molar-refractivity contribution is -0.0242. The summed E-state index contributed by atoms with van der Waals surface area (Å²) in [7, 11) is 3.00. The first kappa shape index (κ1) is 13.7. The van der Waals surface area contributed by atoms with Gasteiger partial charge in [-0.1, -0.05) is 6.92 Å². The van der Waals surface area contributed by atoms with Crippen molar-refractivity contribution in [1.29, 1.82) is 0 Å². The molecule has 1 aromatic rings. The smallest absolute Gasteiger partial charge is 0.373 e. The van der Waals surface area contributed by atoms with Gasteiger partial charge in [-0.05, 0) is 13.3 Å². The Hall–Kier alpha value is -1.40. The van der Waals surface area contributed by atoms with Crippen molar-refractivity contribution in [3.8, 4) is 0 Å². The van der Waals surface area contributed by atoms with Gasteiger partial charge in [0.15, 0.2) is 0 Å². The fourth-order valence-corrected chi connectivity index (χ4v) is 1.36. The molecule has 0 spiro atoms. The van der Waals surface area contributed by atoms with E-state index in [4.69, 9.17) is 19.0 Å². The lowest BCUT2D eigenvalue weighted by Gasteiger charge is -2.22. The van der Waals surface area contributed by atoms with E-state index in [1.165, 1.54) is 14.2 Å². The number of carbonyl (C=O) groups is 1. The highest BCUT2D eigenvalue weighted by Crippen LogP contribution is 2.29. The van der Waals surface area contributed by atoms with Crippen molar-refractivity contribution in [1.82, 2.24) is 4.98 Å². The van der Waals surface area contributed by atoms with Crippen molar-refractivity contribution < 1.29 is 23.8 Å². The Kier molecular flexibility index (Phi) is 4.25. The lowest BCUT2D eigenvalue weighted by Crippen LogP contribution is -2.23. The Morgan fingerprint density at radius 1 is 1.53 bits per heavy atom. The second kappa shape index (κ2) is 5.29. The van der Waals surface area contributed by atoms with Crippen LogP contribution in [0.4, 0.5) is 0 Å². The fraction of sp³-hybridized carbons (Fsp3) is 0.636. The summed E-state index contributed by atoms with van der Waals surface area (Å²) < 4.78 is 15.5. The van der Waals surface area contributed by atoms with Gasteiger partial charge in [0, 0.05) is 14.2 Å². The van der Waals surface area contributed by atoms with Crippen LogP contribution in [0.3, 0.4) is 0 Å². The molecule has 1 unspecified atom stereocenters. The van der Waals surface area contributed by atoms with Crippen molar-refractivity contribution in [2.24, 2.45) is 0 Å². The second-order valence-corrected chi connectivity index (χ2v) is 3.82. The predicted octanol–water partition coefficient (Wildman–Crippen LogP) is 1.79. The number of aromatic carboxylic acids is 1. The topological polar surface area (TPSA) is 81.8 Å². The molecular formula is C11H17NO5. The van der Waals surface area contributed by atoms with Gasteiger partial charge in [-0.15, -0.1) is 0 Å². The van der Waals surface area contributed by atoms with E-state index in [1.807, 2.05) is 6.92 Å². The fourth-order valence-electron chi connectivity index (χ4n) is 1.36. The molecule has 0 radical (unpaired) electrons. The summed E-state index contributed by atoms with van der Waals surface area (Å²) in [6.45, 7) is 3.79. The number of hydrogen-bond acceptors (Lipinski definition) is 5. The van der Waals surface area contributed by atoms with Crippen molar-refractivity contribution in [3.63, 3.8) is 0 Å². The van der Waals surface area contributed by atoms with Gasteiger partial charge in [-0.25, -0.2) is 9.78 Å². The zero-order valence-electron chi connectivity index (χ0n) is 10.4. The molecule has 6 heteroatoms. The molecule has 6 nitrogen and oxygen atoms in total. The van der Waals surface area contributed by atoms with Gasteiger partial charge < -0.3 is 19.0 Å².